The van der Waals surface area contributed by atoms with Crippen LogP contribution in [0.25, 0.3) is 0 Å². The number of rotatable bonds is 7. The fourth-order valence-corrected chi connectivity index (χ4v) is 2.90. The van der Waals surface area contributed by atoms with E-state index in [-0.39, 0.29) is 30.0 Å². The molecule has 0 fully saturated rings. The predicted molar refractivity (Wildman–Crippen MR) is 112 cm³/mol. The summed E-state index contributed by atoms with van der Waals surface area (Å²) in [5.41, 5.74) is 1.21. The molecule has 2 N–H and O–H groups in total. The van der Waals surface area contributed by atoms with Gasteiger partial charge in [-0.1, -0.05) is 34.1 Å². The molecule has 8 heteroatoms. The topological polar surface area (TPSA) is 67.1 Å². The Kier molecular flexibility index (Phi) is 9.92. The van der Waals surface area contributed by atoms with E-state index >= 15 is 0 Å². The van der Waals surface area contributed by atoms with Gasteiger partial charge in [0.2, 0.25) is 0 Å². The van der Waals surface area contributed by atoms with Crippen molar-refractivity contribution in [2.45, 2.75) is 32.4 Å². The summed E-state index contributed by atoms with van der Waals surface area (Å²) in [5.74, 6) is 0.817. The second kappa shape index (κ2) is 11.4. The van der Waals surface area contributed by atoms with Gasteiger partial charge in [0.1, 0.15) is 12.7 Å². The molecule has 0 radical (unpaired) electrons. The highest BCUT2D eigenvalue weighted by molar-refractivity contribution is 14.0. The monoisotopic (exact) mass is 506 g/mol. The Morgan fingerprint density at radius 3 is 2.62 bits per heavy atom. The molecule has 24 heavy (non-hydrogen) atoms. The minimum Gasteiger partial charge on any atom is -0.356 e. The maximum atomic E-state index is 4.28. The summed E-state index contributed by atoms with van der Waals surface area (Å²) in [5, 5.41) is 14.4. The Morgan fingerprint density at radius 2 is 1.96 bits per heavy atom. The maximum Gasteiger partial charge on any atom is 0.191 e. The summed E-state index contributed by atoms with van der Waals surface area (Å²) in [6.45, 7) is 3.94. The van der Waals surface area contributed by atoms with E-state index in [1.54, 1.807) is 19.7 Å². The van der Waals surface area contributed by atoms with Crippen molar-refractivity contribution in [1.29, 1.82) is 0 Å². The number of nitrogens with one attached hydrogen (secondary N) is 2. The number of benzene rings is 1. The van der Waals surface area contributed by atoms with Crippen molar-refractivity contribution in [1.82, 2.24) is 25.4 Å². The lowest BCUT2D eigenvalue weighted by Crippen LogP contribution is -2.39. The van der Waals surface area contributed by atoms with Gasteiger partial charge in [-0.15, -0.1) is 34.2 Å². The van der Waals surface area contributed by atoms with Crippen LogP contribution in [0.5, 0.6) is 0 Å². The standard InChI is InChI=1S/C16H23BrN6.HI/c1-13(14-7-3-4-8-15(14)17)22-16(18-2)19-9-5-6-10-23-11-20-21-12-23;/h3-4,7-8,11-13H,5-6,9-10H2,1-2H3,(H2,18,19,22);1H. The highest BCUT2D eigenvalue weighted by Crippen LogP contribution is 2.22. The molecule has 0 bridgehead atoms. The van der Waals surface area contributed by atoms with Crippen molar-refractivity contribution in [2.75, 3.05) is 13.6 Å². The third-order valence-electron chi connectivity index (χ3n) is 3.55. The fourth-order valence-electron chi connectivity index (χ4n) is 2.27. The molecule has 1 aromatic heterocycles. The van der Waals surface area contributed by atoms with Crippen LogP contribution in [0.15, 0.2) is 46.4 Å². The summed E-state index contributed by atoms with van der Waals surface area (Å²) in [7, 11) is 1.79. The first kappa shape index (κ1) is 20.9. The van der Waals surface area contributed by atoms with Gasteiger partial charge in [-0.25, -0.2) is 0 Å². The Labute approximate surface area is 168 Å². The summed E-state index contributed by atoms with van der Waals surface area (Å²) >= 11 is 3.59. The van der Waals surface area contributed by atoms with Gasteiger partial charge in [-0.2, -0.15) is 0 Å². The molecule has 1 aromatic carbocycles. The Morgan fingerprint density at radius 1 is 1.25 bits per heavy atom. The molecule has 0 spiro atoms. The second-order valence-corrected chi connectivity index (χ2v) is 6.15. The normalized spacial score (nSPS) is 12.4. The van der Waals surface area contributed by atoms with Gasteiger partial charge >= 0.3 is 0 Å². The zero-order chi connectivity index (χ0) is 16.5. The number of guanidine groups is 1. The van der Waals surface area contributed by atoms with Crippen LogP contribution in [0.4, 0.5) is 0 Å². The Hall–Kier alpha value is -1.16. The van der Waals surface area contributed by atoms with Crippen LogP contribution in [-0.2, 0) is 6.54 Å². The molecule has 132 valence electrons. The largest absolute Gasteiger partial charge is 0.356 e. The van der Waals surface area contributed by atoms with E-state index in [1.807, 2.05) is 16.7 Å². The smallest absolute Gasteiger partial charge is 0.191 e. The summed E-state index contributed by atoms with van der Waals surface area (Å²) in [4.78, 5) is 4.28. The third-order valence-corrected chi connectivity index (χ3v) is 4.27. The lowest BCUT2D eigenvalue weighted by Gasteiger charge is -2.19. The first-order chi connectivity index (χ1) is 11.2. The predicted octanol–water partition coefficient (Wildman–Crippen LogP) is 3.37. The van der Waals surface area contributed by atoms with E-state index in [9.17, 15) is 0 Å². The highest BCUT2D eigenvalue weighted by atomic mass is 127. The zero-order valence-corrected chi connectivity index (χ0v) is 17.9. The van der Waals surface area contributed by atoms with Crippen molar-refractivity contribution in [2.24, 2.45) is 4.99 Å². The summed E-state index contributed by atoms with van der Waals surface area (Å²) < 4.78 is 3.09. The number of unbranched alkanes of at least 4 members (excludes halogenated alkanes) is 1. The van der Waals surface area contributed by atoms with Crippen LogP contribution in [0, 0.1) is 0 Å². The molecule has 0 amide bonds. The molecule has 0 aliphatic rings. The third kappa shape index (κ3) is 6.76. The summed E-state index contributed by atoms with van der Waals surface area (Å²) in [6, 6.07) is 8.39. The molecular formula is C16H24BrIN6. The number of aliphatic imine (C=N–C) groups is 1. The molecular weight excluding hydrogens is 483 g/mol. The molecule has 0 aliphatic heterocycles. The molecule has 2 rings (SSSR count). The zero-order valence-electron chi connectivity index (χ0n) is 13.9. The lowest BCUT2D eigenvalue weighted by atomic mass is 10.1. The van der Waals surface area contributed by atoms with Crippen molar-refractivity contribution in [3.8, 4) is 0 Å². The van der Waals surface area contributed by atoms with Crippen LogP contribution in [-0.4, -0.2) is 34.3 Å². The van der Waals surface area contributed by atoms with Gasteiger partial charge in [-0.3, -0.25) is 4.99 Å². The van der Waals surface area contributed by atoms with Gasteiger partial charge < -0.3 is 15.2 Å². The van der Waals surface area contributed by atoms with Crippen molar-refractivity contribution >= 4 is 45.9 Å². The first-order valence-electron chi connectivity index (χ1n) is 7.74. The SMILES string of the molecule is CN=C(NCCCCn1cnnc1)NC(C)c1ccccc1Br.I. The van der Waals surface area contributed by atoms with E-state index in [0.29, 0.717) is 0 Å². The Bertz CT molecular complexity index is 617. The van der Waals surface area contributed by atoms with Crippen LogP contribution in [0.1, 0.15) is 31.4 Å². The summed E-state index contributed by atoms with van der Waals surface area (Å²) in [6.07, 6.45) is 5.62. The number of hydrogen-bond acceptors (Lipinski definition) is 3. The van der Waals surface area contributed by atoms with E-state index in [2.05, 4.69) is 60.8 Å². The van der Waals surface area contributed by atoms with E-state index in [0.717, 1.165) is 36.4 Å². The highest BCUT2D eigenvalue weighted by Gasteiger charge is 2.10. The number of halogens is 2. The van der Waals surface area contributed by atoms with Crippen LogP contribution in [0.3, 0.4) is 0 Å². The van der Waals surface area contributed by atoms with Gasteiger partial charge in [-0.05, 0) is 31.4 Å². The van der Waals surface area contributed by atoms with E-state index < -0.39 is 0 Å². The van der Waals surface area contributed by atoms with Gasteiger partial charge in [0.15, 0.2) is 5.96 Å². The lowest BCUT2D eigenvalue weighted by molar-refractivity contribution is 0.593. The molecule has 1 unspecified atom stereocenters. The average Bonchev–Trinajstić information content (AvgIpc) is 3.07. The quantitative estimate of drug-likeness (QED) is 0.261. The molecule has 1 heterocycles. The van der Waals surface area contributed by atoms with Crippen molar-refractivity contribution in [3.05, 3.63) is 47.0 Å². The molecule has 0 aliphatic carbocycles. The van der Waals surface area contributed by atoms with Gasteiger partial charge in [0.05, 0.1) is 6.04 Å². The van der Waals surface area contributed by atoms with Gasteiger partial charge in [0.25, 0.3) is 0 Å². The van der Waals surface area contributed by atoms with Gasteiger partial charge in [0, 0.05) is 24.6 Å². The molecule has 1 atom stereocenters. The molecule has 0 saturated carbocycles. The Balaban J connectivity index is 0.00000288. The fraction of sp³-hybridized carbons (Fsp3) is 0.438. The van der Waals surface area contributed by atoms with Crippen LogP contribution < -0.4 is 10.6 Å². The second-order valence-electron chi connectivity index (χ2n) is 5.29. The molecule has 0 saturated heterocycles. The average molecular weight is 507 g/mol. The minimum atomic E-state index is 0. The molecule has 2 aromatic rings. The first-order valence-corrected chi connectivity index (χ1v) is 8.54. The number of aromatic nitrogens is 3. The maximum absolute atomic E-state index is 4.28. The van der Waals surface area contributed by atoms with E-state index in [1.165, 1.54) is 5.56 Å². The van der Waals surface area contributed by atoms with Crippen LogP contribution >= 0.6 is 39.9 Å². The van der Waals surface area contributed by atoms with E-state index in [4.69, 9.17) is 0 Å². The van der Waals surface area contributed by atoms with Crippen molar-refractivity contribution < 1.29 is 0 Å². The number of nitrogens with zero attached hydrogens (tertiary/aromatic N) is 4. The minimum absolute atomic E-state index is 0. The number of hydrogen-bond donors (Lipinski definition) is 2. The van der Waals surface area contributed by atoms with Crippen molar-refractivity contribution in [3.63, 3.8) is 0 Å². The van der Waals surface area contributed by atoms with Crippen LogP contribution in [0.2, 0.25) is 0 Å². The number of aryl methyl sites for hydroxylation is 1. The molecule has 6 nitrogen and oxygen atoms in total.